The van der Waals surface area contributed by atoms with Gasteiger partial charge in [0.25, 0.3) is 0 Å². The van der Waals surface area contributed by atoms with Gasteiger partial charge in [-0.05, 0) is 78.9 Å². The summed E-state index contributed by atoms with van der Waals surface area (Å²) in [6.07, 6.45) is 0. The van der Waals surface area contributed by atoms with Gasteiger partial charge in [-0.25, -0.2) is 9.97 Å². The minimum Gasteiger partial charge on any atom is -0.228 e. The smallest absolute Gasteiger partial charge is 0.160 e. The van der Waals surface area contributed by atoms with Crippen molar-refractivity contribution in [2.24, 2.45) is 0 Å². The number of benzene rings is 8. The molecule has 2 nitrogen and oxygen atoms in total. The van der Waals surface area contributed by atoms with Crippen molar-refractivity contribution in [1.82, 2.24) is 9.97 Å². The van der Waals surface area contributed by atoms with Crippen molar-refractivity contribution in [2.75, 3.05) is 0 Å². The normalized spacial score (nSPS) is 13.1. The topological polar surface area (TPSA) is 25.8 Å². The molecule has 2 aliphatic carbocycles. The quantitative estimate of drug-likeness (QED) is 0.180. The van der Waals surface area contributed by atoms with E-state index in [0.717, 1.165) is 28.1 Å². The van der Waals surface area contributed by atoms with Gasteiger partial charge in [-0.2, -0.15) is 0 Å². The van der Waals surface area contributed by atoms with Crippen molar-refractivity contribution in [3.8, 4) is 66.6 Å². The molecule has 0 unspecified atom stereocenters. The average Bonchev–Trinajstić information content (AvgIpc) is 3.90. The predicted molar refractivity (Wildman–Crippen MR) is 233 cm³/mol. The Labute approximate surface area is 329 Å². The van der Waals surface area contributed by atoms with Crippen LogP contribution in [0.15, 0.2) is 194 Å². The molecule has 0 saturated heterocycles. The van der Waals surface area contributed by atoms with Crippen molar-refractivity contribution in [3.05, 3.63) is 216 Å². The number of nitrogens with zero attached hydrogens (tertiary/aromatic N) is 2. The van der Waals surface area contributed by atoms with E-state index in [-0.39, 0.29) is 0 Å². The third-order valence-electron chi connectivity index (χ3n) is 11.9. The van der Waals surface area contributed by atoms with Crippen LogP contribution in [0.4, 0.5) is 0 Å². The van der Waals surface area contributed by atoms with E-state index in [1.165, 1.54) is 75.8 Å². The summed E-state index contributed by atoms with van der Waals surface area (Å²) < 4.78 is 1.32. The van der Waals surface area contributed by atoms with Crippen LogP contribution in [0.3, 0.4) is 0 Å². The lowest BCUT2D eigenvalue weighted by Gasteiger charge is -2.30. The minimum absolute atomic E-state index is 0.407. The molecule has 0 fully saturated rings. The van der Waals surface area contributed by atoms with E-state index in [0.29, 0.717) is 5.82 Å². The first-order valence-electron chi connectivity index (χ1n) is 19.2. The molecular formula is C53H32N2S. The van der Waals surface area contributed by atoms with Crippen LogP contribution in [0.5, 0.6) is 0 Å². The summed E-state index contributed by atoms with van der Waals surface area (Å²) in [7, 11) is 0. The van der Waals surface area contributed by atoms with Crippen LogP contribution in [0.25, 0.3) is 87.5 Å². The van der Waals surface area contributed by atoms with Crippen molar-refractivity contribution < 1.29 is 0 Å². The van der Waals surface area contributed by atoms with E-state index in [1.807, 2.05) is 17.4 Å². The second kappa shape index (κ2) is 12.0. The molecule has 2 heterocycles. The number of aromatic nitrogens is 2. The summed E-state index contributed by atoms with van der Waals surface area (Å²) in [5, 5.41) is 3.71. The molecule has 0 saturated carbocycles. The third kappa shape index (κ3) is 4.38. The van der Waals surface area contributed by atoms with Gasteiger partial charge in [-0.1, -0.05) is 176 Å². The Hall–Kier alpha value is -6.94. The maximum Gasteiger partial charge on any atom is 0.160 e. The lowest BCUT2D eigenvalue weighted by molar-refractivity contribution is 0.803. The van der Waals surface area contributed by atoms with Crippen LogP contribution < -0.4 is 0 Å². The van der Waals surface area contributed by atoms with Gasteiger partial charge in [0, 0.05) is 31.8 Å². The van der Waals surface area contributed by atoms with Gasteiger partial charge in [-0.15, -0.1) is 11.3 Å². The first-order chi connectivity index (χ1) is 27.8. The highest BCUT2D eigenvalue weighted by atomic mass is 32.1. The Balaban J connectivity index is 1.09. The fourth-order valence-electron chi connectivity index (χ4n) is 9.62. The average molecular weight is 729 g/mol. The van der Waals surface area contributed by atoms with Crippen molar-refractivity contribution >= 4 is 32.2 Å². The van der Waals surface area contributed by atoms with E-state index in [1.54, 1.807) is 0 Å². The molecular weight excluding hydrogens is 697 g/mol. The summed E-state index contributed by atoms with van der Waals surface area (Å²) in [4.78, 5) is 11.8. The molecule has 8 aromatic carbocycles. The zero-order valence-electron chi connectivity index (χ0n) is 30.3. The minimum atomic E-state index is -0.407. The number of hydrogen-bond acceptors (Lipinski definition) is 3. The van der Waals surface area contributed by atoms with Gasteiger partial charge in [0.15, 0.2) is 5.82 Å². The molecule has 2 aliphatic rings. The van der Waals surface area contributed by atoms with Crippen LogP contribution >= 0.6 is 11.3 Å². The zero-order valence-corrected chi connectivity index (χ0v) is 31.1. The largest absolute Gasteiger partial charge is 0.228 e. The van der Waals surface area contributed by atoms with Gasteiger partial charge in [0.2, 0.25) is 0 Å². The fourth-order valence-corrected chi connectivity index (χ4v) is 11.0. The SMILES string of the molecule is c1ccc(-c2nc(-c3cccc(-c4cccc5c4-c4sc6ccccc6c4C54c5ccccc5-c5ccccc54)c3)cc(-c3cccc4ccccc34)n2)cc1. The second-order valence-electron chi connectivity index (χ2n) is 14.8. The van der Waals surface area contributed by atoms with Gasteiger partial charge in [-0.3, -0.25) is 0 Å². The lowest BCUT2D eigenvalue weighted by atomic mass is 9.70. The van der Waals surface area contributed by atoms with Crippen LogP contribution in [0.2, 0.25) is 0 Å². The molecule has 10 aromatic rings. The highest BCUT2D eigenvalue weighted by Crippen LogP contribution is 2.67. The third-order valence-corrected chi connectivity index (χ3v) is 13.1. The predicted octanol–water partition coefficient (Wildman–Crippen LogP) is 13.9. The maximum absolute atomic E-state index is 5.25. The van der Waals surface area contributed by atoms with Crippen molar-refractivity contribution in [2.45, 2.75) is 5.41 Å². The van der Waals surface area contributed by atoms with Crippen molar-refractivity contribution in [1.29, 1.82) is 0 Å². The molecule has 0 atom stereocenters. The number of rotatable bonds is 4. The molecule has 12 rings (SSSR count). The molecule has 0 radical (unpaired) electrons. The fraction of sp³-hybridized carbons (Fsp3) is 0.0189. The van der Waals surface area contributed by atoms with Gasteiger partial charge < -0.3 is 0 Å². The molecule has 56 heavy (non-hydrogen) atoms. The van der Waals surface area contributed by atoms with E-state index < -0.39 is 5.41 Å². The van der Waals surface area contributed by atoms with Crippen molar-refractivity contribution in [3.63, 3.8) is 0 Å². The summed E-state index contributed by atoms with van der Waals surface area (Å²) in [5.41, 5.74) is 16.4. The second-order valence-corrected chi connectivity index (χ2v) is 15.9. The van der Waals surface area contributed by atoms with Gasteiger partial charge >= 0.3 is 0 Å². The van der Waals surface area contributed by atoms with Crippen LogP contribution in [-0.2, 0) is 5.41 Å². The first kappa shape index (κ1) is 31.4. The Morgan fingerprint density at radius 3 is 1.80 bits per heavy atom. The molecule has 0 bridgehead atoms. The number of fused-ring (bicyclic) bond motifs is 13. The van der Waals surface area contributed by atoms with Gasteiger partial charge in [0.1, 0.15) is 0 Å². The zero-order chi connectivity index (χ0) is 36.8. The monoisotopic (exact) mass is 728 g/mol. The highest BCUT2D eigenvalue weighted by Gasteiger charge is 2.53. The van der Waals surface area contributed by atoms with E-state index in [9.17, 15) is 0 Å². The molecule has 260 valence electrons. The standard InChI is InChI=1S/C53H32N2S/c1-2-16-34(17-3-1)52-54-46(32-47(55-52)41-26-13-18-33-15-4-5-21-37(33)41)36-20-12-19-35(31-36)38-25-14-29-45-49(38)51-50(42-24-8-11-30-48(42)56-51)53(45)43-27-9-6-22-39(43)40-23-7-10-28-44(40)53/h1-32H. The van der Waals surface area contributed by atoms with E-state index in [2.05, 4.69) is 188 Å². The Kier molecular flexibility index (Phi) is 6.75. The first-order valence-corrected chi connectivity index (χ1v) is 20.0. The molecule has 0 N–H and O–H groups in total. The maximum atomic E-state index is 5.25. The molecule has 3 heteroatoms. The summed E-state index contributed by atoms with van der Waals surface area (Å²) in [5.74, 6) is 0.715. The number of hydrogen-bond donors (Lipinski definition) is 0. The van der Waals surface area contributed by atoms with Crippen LogP contribution in [0, 0.1) is 0 Å². The summed E-state index contributed by atoms with van der Waals surface area (Å²) >= 11 is 1.93. The molecule has 0 amide bonds. The highest BCUT2D eigenvalue weighted by molar-refractivity contribution is 7.22. The Morgan fingerprint density at radius 2 is 0.964 bits per heavy atom. The van der Waals surface area contributed by atoms with E-state index in [4.69, 9.17) is 9.97 Å². The molecule has 2 aromatic heterocycles. The Morgan fingerprint density at radius 1 is 0.393 bits per heavy atom. The number of thiophene rings is 1. The van der Waals surface area contributed by atoms with Crippen LogP contribution in [0.1, 0.15) is 22.3 Å². The van der Waals surface area contributed by atoms with E-state index >= 15 is 0 Å². The molecule has 1 spiro atoms. The summed E-state index contributed by atoms with van der Waals surface area (Å²) in [6.45, 7) is 0. The Bertz CT molecular complexity index is 3160. The van der Waals surface area contributed by atoms with Gasteiger partial charge in [0.05, 0.1) is 16.8 Å². The lowest BCUT2D eigenvalue weighted by Crippen LogP contribution is -2.25. The molecule has 0 aliphatic heterocycles. The summed E-state index contributed by atoms with van der Waals surface area (Å²) in [6, 6.07) is 70.5. The van der Waals surface area contributed by atoms with Crippen LogP contribution in [-0.4, -0.2) is 9.97 Å².